The molecule has 3 aromatic rings. The summed E-state index contributed by atoms with van der Waals surface area (Å²) in [5.41, 5.74) is 0.733. The van der Waals surface area contributed by atoms with Crippen molar-refractivity contribution < 1.29 is 9.15 Å². The Labute approximate surface area is 140 Å². The van der Waals surface area contributed by atoms with Crippen LogP contribution < -0.4 is 10.2 Å². The first-order valence-corrected chi connectivity index (χ1v) is 8.50. The monoisotopic (exact) mass is 320 g/mol. The molecule has 0 unspecified atom stereocenters. The van der Waals surface area contributed by atoms with E-state index < -0.39 is 0 Å². The average molecular weight is 320 g/mol. The van der Waals surface area contributed by atoms with E-state index in [1.807, 2.05) is 42.5 Å². The van der Waals surface area contributed by atoms with Gasteiger partial charge >= 0.3 is 0 Å². The molecule has 3 nitrogen and oxygen atoms in total. The van der Waals surface area contributed by atoms with Crippen LogP contribution in [-0.4, -0.2) is 5.60 Å². The van der Waals surface area contributed by atoms with E-state index in [1.165, 1.54) is 6.42 Å². The molecule has 122 valence electrons. The Morgan fingerprint density at radius 3 is 2.54 bits per heavy atom. The number of hydrogen-bond donors (Lipinski definition) is 0. The van der Waals surface area contributed by atoms with Gasteiger partial charge in [-0.2, -0.15) is 0 Å². The van der Waals surface area contributed by atoms with E-state index in [2.05, 4.69) is 6.58 Å². The summed E-state index contributed by atoms with van der Waals surface area (Å²) in [5.74, 6) is 0.591. The fourth-order valence-electron chi connectivity index (χ4n) is 3.62. The lowest BCUT2D eigenvalue weighted by Gasteiger charge is -2.35. The van der Waals surface area contributed by atoms with Crippen molar-refractivity contribution in [3.8, 4) is 5.75 Å². The Kier molecular flexibility index (Phi) is 3.64. The smallest absolute Gasteiger partial charge is 0.204 e. The highest BCUT2D eigenvalue weighted by Gasteiger charge is 2.31. The summed E-state index contributed by atoms with van der Waals surface area (Å²) in [6.45, 7) is 3.98. The third-order valence-corrected chi connectivity index (χ3v) is 4.95. The zero-order valence-corrected chi connectivity index (χ0v) is 13.6. The zero-order valence-electron chi connectivity index (χ0n) is 13.6. The molecule has 4 rings (SSSR count). The zero-order chi connectivity index (χ0) is 16.6. The van der Waals surface area contributed by atoms with E-state index in [0.717, 1.165) is 25.7 Å². The Balaban J connectivity index is 1.91. The van der Waals surface area contributed by atoms with Gasteiger partial charge in [0.15, 0.2) is 0 Å². The Hall–Kier alpha value is -2.55. The highest BCUT2D eigenvalue weighted by atomic mass is 16.5. The molecule has 0 aliphatic heterocycles. The van der Waals surface area contributed by atoms with E-state index in [4.69, 9.17) is 9.15 Å². The molecule has 24 heavy (non-hydrogen) atoms. The summed E-state index contributed by atoms with van der Waals surface area (Å²) in [4.78, 5) is 13.0. The highest BCUT2D eigenvalue weighted by molar-refractivity contribution is 5.93. The molecule has 1 aromatic heterocycles. The highest BCUT2D eigenvalue weighted by Crippen LogP contribution is 2.36. The predicted octanol–water partition coefficient (Wildman–Crippen LogP) is 5.21. The van der Waals surface area contributed by atoms with Crippen molar-refractivity contribution in [3.63, 3.8) is 0 Å². The summed E-state index contributed by atoms with van der Waals surface area (Å²) in [7, 11) is 0. The van der Waals surface area contributed by atoms with Gasteiger partial charge in [0.05, 0.1) is 5.39 Å². The molecule has 0 bridgehead atoms. The lowest BCUT2D eigenvalue weighted by molar-refractivity contribution is 0.0794. The van der Waals surface area contributed by atoms with Crippen molar-refractivity contribution in [1.82, 2.24) is 0 Å². The van der Waals surface area contributed by atoms with Gasteiger partial charge in [-0.05, 0) is 56.0 Å². The number of hydrogen-bond acceptors (Lipinski definition) is 3. The quantitative estimate of drug-likeness (QED) is 0.491. The van der Waals surface area contributed by atoms with E-state index in [-0.39, 0.29) is 11.0 Å². The number of rotatable bonds is 3. The van der Waals surface area contributed by atoms with Crippen molar-refractivity contribution in [2.24, 2.45) is 0 Å². The molecule has 1 fully saturated rings. The van der Waals surface area contributed by atoms with Crippen molar-refractivity contribution in [3.05, 3.63) is 65.3 Å². The molecule has 0 radical (unpaired) electrons. The van der Waals surface area contributed by atoms with Crippen LogP contribution in [0, 0.1) is 0 Å². The molecule has 0 N–H and O–H groups in total. The van der Waals surface area contributed by atoms with Crippen molar-refractivity contribution in [1.29, 1.82) is 0 Å². The third-order valence-electron chi connectivity index (χ3n) is 4.95. The second-order valence-electron chi connectivity index (χ2n) is 6.49. The van der Waals surface area contributed by atoms with E-state index in [1.54, 1.807) is 6.07 Å². The molecular weight excluding hydrogens is 300 g/mol. The maximum atomic E-state index is 13.0. The van der Waals surface area contributed by atoms with E-state index in [9.17, 15) is 4.79 Å². The Morgan fingerprint density at radius 2 is 1.75 bits per heavy atom. The molecule has 0 saturated heterocycles. The normalized spacial score (nSPS) is 17.0. The molecular formula is C21H20O3. The van der Waals surface area contributed by atoms with Gasteiger partial charge in [0.2, 0.25) is 5.43 Å². The van der Waals surface area contributed by atoms with Gasteiger partial charge in [0, 0.05) is 0 Å². The fourth-order valence-corrected chi connectivity index (χ4v) is 3.62. The van der Waals surface area contributed by atoms with Crippen LogP contribution in [0.1, 0.15) is 32.1 Å². The van der Waals surface area contributed by atoms with Gasteiger partial charge in [0.1, 0.15) is 27.9 Å². The number of ether oxygens (including phenoxy) is 1. The Bertz CT molecular complexity index is 962. The summed E-state index contributed by atoms with van der Waals surface area (Å²) < 4.78 is 12.3. The summed E-state index contributed by atoms with van der Waals surface area (Å²) >= 11 is 0. The molecule has 0 amide bonds. The molecule has 2 aromatic carbocycles. The fraction of sp³-hybridized carbons (Fsp3) is 0.286. The number of para-hydroxylation sites is 1. The van der Waals surface area contributed by atoms with Crippen LogP contribution in [0.5, 0.6) is 5.75 Å². The summed E-state index contributed by atoms with van der Waals surface area (Å²) in [6.07, 6.45) is 7.23. The van der Waals surface area contributed by atoms with Crippen molar-refractivity contribution >= 4 is 21.9 Å². The number of fused-ring (bicyclic) bond motifs is 2. The predicted molar refractivity (Wildman–Crippen MR) is 96.6 cm³/mol. The standard InChI is InChI=1S/C21H20O3/c1-2-21(13-6-3-7-14-21)24-18-12-8-11-17-19(18)20(22)15-9-4-5-10-16(15)23-17/h2,4-5,8-12H,1,3,6-7,13-14H2. The SMILES string of the molecule is C=CC1(Oc2cccc3oc4ccccc4c(=O)c23)CCCCC1. The maximum Gasteiger partial charge on any atom is 0.204 e. The van der Waals surface area contributed by atoms with Gasteiger partial charge in [0.25, 0.3) is 0 Å². The summed E-state index contributed by atoms with van der Waals surface area (Å²) in [6, 6.07) is 12.9. The van der Waals surface area contributed by atoms with Gasteiger partial charge < -0.3 is 9.15 Å². The third kappa shape index (κ3) is 2.41. The van der Waals surface area contributed by atoms with Crippen LogP contribution in [0.3, 0.4) is 0 Å². The minimum Gasteiger partial charge on any atom is -0.482 e. The number of benzene rings is 2. The van der Waals surface area contributed by atoms with E-state index >= 15 is 0 Å². The first kappa shape index (κ1) is 15.0. The van der Waals surface area contributed by atoms with Crippen LogP contribution >= 0.6 is 0 Å². The maximum absolute atomic E-state index is 13.0. The van der Waals surface area contributed by atoms with E-state index in [0.29, 0.717) is 27.7 Å². The average Bonchev–Trinajstić information content (AvgIpc) is 2.63. The van der Waals surface area contributed by atoms with Gasteiger partial charge in [-0.25, -0.2) is 0 Å². The van der Waals surface area contributed by atoms with Crippen molar-refractivity contribution in [2.45, 2.75) is 37.7 Å². The van der Waals surface area contributed by atoms with Gasteiger partial charge in [-0.3, -0.25) is 4.79 Å². The second kappa shape index (κ2) is 5.82. The van der Waals surface area contributed by atoms with Gasteiger partial charge in [-0.15, -0.1) is 0 Å². The molecule has 0 atom stereocenters. The van der Waals surface area contributed by atoms with Gasteiger partial charge in [-0.1, -0.05) is 31.2 Å². The molecule has 1 saturated carbocycles. The molecule has 1 aliphatic rings. The Morgan fingerprint density at radius 1 is 1.00 bits per heavy atom. The minimum absolute atomic E-state index is 0.0440. The van der Waals surface area contributed by atoms with Crippen molar-refractivity contribution in [2.75, 3.05) is 0 Å². The first-order chi connectivity index (χ1) is 11.7. The van der Waals surface area contributed by atoms with Crippen LogP contribution in [0.2, 0.25) is 0 Å². The lowest BCUT2D eigenvalue weighted by atomic mass is 9.84. The van der Waals surface area contributed by atoms with Crippen LogP contribution in [0.4, 0.5) is 0 Å². The lowest BCUT2D eigenvalue weighted by Crippen LogP contribution is -2.36. The summed E-state index contributed by atoms with van der Waals surface area (Å²) in [5, 5.41) is 1.10. The van der Waals surface area contributed by atoms with Crippen LogP contribution in [-0.2, 0) is 0 Å². The minimum atomic E-state index is -0.384. The molecule has 0 spiro atoms. The molecule has 1 aliphatic carbocycles. The largest absolute Gasteiger partial charge is 0.482 e. The topological polar surface area (TPSA) is 39.4 Å². The van der Waals surface area contributed by atoms with Crippen LogP contribution in [0.25, 0.3) is 21.9 Å². The second-order valence-corrected chi connectivity index (χ2v) is 6.49. The molecule has 1 heterocycles. The molecule has 3 heteroatoms. The van der Waals surface area contributed by atoms with Crippen LogP contribution in [0.15, 0.2) is 64.3 Å². The first-order valence-electron chi connectivity index (χ1n) is 8.50.